The van der Waals surface area contributed by atoms with Crippen LogP contribution in [0.5, 0.6) is 0 Å². The van der Waals surface area contributed by atoms with Crippen LogP contribution < -0.4 is 21.3 Å². The van der Waals surface area contributed by atoms with Crippen molar-refractivity contribution in [3.8, 4) is 0 Å². The van der Waals surface area contributed by atoms with E-state index in [4.69, 9.17) is 5.73 Å². The Morgan fingerprint density at radius 2 is 1.93 bits per heavy atom. The highest BCUT2D eigenvalue weighted by Gasteiger charge is 2.26. The molecule has 0 spiro atoms. The van der Waals surface area contributed by atoms with E-state index < -0.39 is 10.8 Å². The zero-order valence-electron chi connectivity index (χ0n) is 15.9. The zero-order chi connectivity index (χ0) is 20.1. The summed E-state index contributed by atoms with van der Waals surface area (Å²) >= 11 is 0. The zero-order valence-corrected chi connectivity index (χ0v) is 15.9. The van der Waals surface area contributed by atoms with Crippen molar-refractivity contribution in [2.75, 3.05) is 30.9 Å². The molecule has 2 amide bonds. The van der Waals surface area contributed by atoms with E-state index >= 15 is 0 Å². The minimum absolute atomic E-state index is 0.0472. The maximum absolute atomic E-state index is 12.9. The summed E-state index contributed by atoms with van der Waals surface area (Å²) in [5.41, 5.74) is 5.89. The normalized spacial score (nSPS) is 19.2. The molecule has 0 atom stereocenters. The number of nitrogens with two attached hydrogens (primary N) is 1. The number of nitro groups is 1. The molecule has 9 heteroatoms. The number of carbonyl (C=O) groups excluding carboxylic acids is 2. The van der Waals surface area contributed by atoms with E-state index in [-0.39, 0.29) is 35.4 Å². The molecular weight excluding hydrogens is 350 g/mol. The van der Waals surface area contributed by atoms with Gasteiger partial charge in [-0.25, -0.2) is 0 Å². The highest BCUT2D eigenvalue weighted by atomic mass is 16.6. The van der Waals surface area contributed by atoms with Crippen molar-refractivity contribution >= 4 is 28.9 Å². The van der Waals surface area contributed by atoms with Crippen molar-refractivity contribution in [3.05, 3.63) is 27.8 Å². The molecular formula is C18H27N5O4. The van der Waals surface area contributed by atoms with Crippen molar-refractivity contribution in [2.24, 2.45) is 11.7 Å². The van der Waals surface area contributed by atoms with Gasteiger partial charge in [-0.3, -0.25) is 19.7 Å². The highest BCUT2D eigenvalue weighted by Crippen LogP contribution is 2.33. The SMILES string of the molecule is CNc1cc(N(C)CC(N)=O)c(C(=O)N[C@H]2CC[C@H](C)CC2)cc1[N+](=O)[O-]. The number of benzene rings is 1. The Morgan fingerprint density at radius 1 is 1.30 bits per heavy atom. The lowest BCUT2D eigenvalue weighted by molar-refractivity contribution is -0.383. The van der Waals surface area contributed by atoms with Crippen LogP contribution in [0.4, 0.5) is 17.1 Å². The van der Waals surface area contributed by atoms with E-state index in [1.165, 1.54) is 17.0 Å². The molecule has 0 bridgehead atoms. The molecule has 148 valence electrons. The van der Waals surface area contributed by atoms with E-state index in [2.05, 4.69) is 17.6 Å². The molecule has 27 heavy (non-hydrogen) atoms. The summed E-state index contributed by atoms with van der Waals surface area (Å²) in [6.45, 7) is 2.08. The summed E-state index contributed by atoms with van der Waals surface area (Å²) in [4.78, 5) is 36.5. The molecule has 1 aliphatic carbocycles. The van der Waals surface area contributed by atoms with Gasteiger partial charge in [0.1, 0.15) is 5.69 Å². The largest absolute Gasteiger partial charge is 0.383 e. The van der Waals surface area contributed by atoms with Crippen LogP contribution in [0.15, 0.2) is 12.1 Å². The van der Waals surface area contributed by atoms with Gasteiger partial charge in [0.05, 0.1) is 22.7 Å². The average Bonchev–Trinajstić information content (AvgIpc) is 2.61. The van der Waals surface area contributed by atoms with Crippen molar-refractivity contribution in [1.29, 1.82) is 0 Å². The number of hydrogen-bond acceptors (Lipinski definition) is 6. The molecule has 1 aromatic carbocycles. The van der Waals surface area contributed by atoms with Crippen LogP contribution >= 0.6 is 0 Å². The number of nitrogens with one attached hydrogen (secondary N) is 2. The van der Waals surface area contributed by atoms with Crippen LogP contribution in [0.1, 0.15) is 43.0 Å². The Balaban J connectivity index is 2.37. The molecule has 0 aromatic heterocycles. The summed E-state index contributed by atoms with van der Waals surface area (Å²) < 4.78 is 0. The lowest BCUT2D eigenvalue weighted by Gasteiger charge is -2.28. The summed E-state index contributed by atoms with van der Waals surface area (Å²) in [7, 11) is 3.17. The summed E-state index contributed by atoms with van der Waals surface area (Å²) in [6, 6.07) is 2.80. The minimum Gasteiger partial charge on any atom is -0.383 e. The average molecular weight is 377 g/mol. The number of primary amides is 1. The molecule has 0 radical (unpaired) electrons. The molecule has 2 rings (SSSR count). The molecule has 9 nitrogen and oxygen atoms in total. The number of hydrogen-bond donors (Lipinski definition) is 3. The Kier molecular flexibility index (Phi) is 6.59. The third-order valence-corrected chi connectivity index (χ3v) is 4.98. The minimum atomic E-state index is -0.561. The Bertz CT molecular complexity index is 729. The van der Waals surface area contributed by atoms with E-state index in [9.17, 15) is 19.7 Å². The topological polar surface area (TPSA) is 131 Å². The number of carbonyl (C=O) groups is 2. The molecule has 0 aliphatic heterocycles. The van der Waals surface area contributed by atoms with Gasteiger partial charge in [-0.2, -0.15) is 0 Å². The van der Waals surface area contributed by atoms with Crippen LogP contribution in [0, 0.1) is 16.0 Å². The maximum Gasteiger partial charge on any atom is 0.293 e. The first kappa shape index (κ1) is 20.5. The van der Waals surface area contributed by atoms with Crippen LogP contribution in [-0.2, 0) is 4.79 Å². The van der Waals surface area contributed by atoms with Gasteiger partial charge in [-0.1, -0.05) is 6.92 Å². The first-order valence-electron chi connectivity index (χ1n) is 9.03. The summed E-state index contributed by atoms with van der Waals surface area (Å²) in [6.07, 6.45) is 3.85. The fourth-order valence-corrected chi connectivity index (χ4v) is 3.41. The van der Waals surface area contributed by atoms with Crippen molar-refractivity contribution < 1.29 is 14.5 Å². The smallest absolute Gasteiger partial charge is 0.293 e. The molecule has 4 N–H and O–H groups in total. The van der Waals surface area contributed by atoms with Gasteiger partial charge in [-0.05, 0) is 37.7 Å². The Hall–Kier alpha value is -2.84. The van der Waals surface area contributed by atoms with Crippen LogP contribution in [-0.4, -0.2) is 43.4 Å². The van der Waals surface area contributed by atoms with Crippen LogP contribution in [0.3, 0.4) is 0 Å². The molecule has 0 saturated heterocycles. The predicted octanol–water partition coefficient (Wildman–Crippen LogP) is 1.87. The van der Waals surface area contributed by atoms with Crippen LogP contribution in [0.2, 0.25) is 0 Å². The second-order valence-electron chi connectivity index (χ2n) is 7.15. The van der Waals surface area contributed by atoms with Gasteiger partial charge >= 0.3 is 0 Å². The maximum atomic E-state index is 12.9. The third-order valence-electron chi connectivity index (χ3n) is 4.98. The second-order valence-corrected chi connectivity index (χ2v) is 7.15. The van der Waals surface area contributed by atoms with Crippen molar-refractivity contribution in [1.82, 2.24) is 5.32 Å². The van der Waals surface area contributed by atoms with Gasteiger partial charge in [0.2, 0.25) is 5.91 Å². The number of nitrogens with zero attached hydrogens (tertiary/aromatic N) is 2. The third kappa shape index (κ3) is 5.08. The molecule has 1 aliphatic rings. The van der Waals surface area contributed by atoms with Gasteiger partial charge < -0.3 is 21.3 Å². The molecule has 0 heterocycles. The van der Waals surface area contributed by atoms with Crippen molar-refractivity contribution in [3.63, 3.8) is 0 Å². The molecule has 1 aromatic rings. The molecule has 1 saturated carbocycles. The van der Waals surface area contributed by atoms with E-state index in [0.29, 0.717) is 11.6 Å². The number of rotatable bonds is 7. The second kappa shape index (κ2) is 8.70. The quantitative estimate of drug-likeness (QED) is 0.491. The van der Waals surface area contributed by atoms with Gasteiger partial charge in [0.15, 0.2) is 0 Å². The lowest BCUT2D eigenvalue weighted by atomic mass is 9.87. The molecule has 1 fully saturated rings. The lowest BCUT2D eigenvalue weighted by Crippen LogP contribution is -2.38. The summed E-state index contributed by atoms with van der Waals surface area (Å²) in [5, 5.41) is 17.1. The number of nitro benzene ring substituents is 1. The fourth-order valence-electron chi connectivity index (χ4n) is 3.41. The van der Waals surface area contributed by atoms with E-state index in [1.807, 2.05) is 0 Å². The Morgan fingerprint density at radius 3 is 2.44 bits per heavy atom. The summed E-state index contributed by atoms with van der Waals surface area (Å²) in [5.74, 6) is -0.299. The number of anilines is 2. The van der Waals surface area contributed by atoms with Gasteiger partial charge in [0, 0.05) is 26.2 Å². The predicted molar refractivity (Wildman–Crippen MR) is 104 cm³/mol. The molecule has 0 unspecified atom stereocenters. The van der Waals surface area contributed by atoms with E-state index in [1.54, 1.807) is 14.1 Å². The van der Waals surface area contributed by atoms with E-state index in [0.717, 1.165) is 25.7 Å². The van der Waals surface area contributed by atoms with Crippen LogP contribution in [0.25, 0.3) is 0 Å². The monoisotopic (exact) mass is 377 g/mol. The van der Waals surface area contributed by atoms with Crippen molar-refractivity contribution in [2.45, 2.75) is 38.6 Å². The fraction of sp³-hybridized carbons (Fsp3) is 0.556. The Labute approximate surface area is 158 Å². The first-order valence-corrected chi connectivity index (χ1v) is 9.03. The number of amides is 2. The van der Waals surface area contributed by atoms with Gasteiger partial charge in [-0.15, -0.1) is 0 Å². The number of likely N-dealkylation sites (N-methyl/N-ethyl adjacent to an activating group) is 1. The standard InChI is InChI=1S/C18H27N5O4/c1-11-4-6-12(7-5-11)21-18(25)13-8-16(23(26)27)14(20-2)9-15(13)22(3)10-17(19)24/h8-9,11-12,20H,4-7,10H2,1-3H3,(H2,19,24)(H,21,25)/t11-,12-. The van der Waals surface area contributed by atoms with Gasteiger partial charge in [0.25, 0.3) is 11.6 Å². The first-order chi connectivity index (χ1) is 12.7. The highest BCUT2D eigenvalue weighted by molar-refractivity contribution is 6.02.